The van der Waals surface area contributed by atoms with Gasteiger partial charge in [-0.15, -0.1) is 0 Å². The van der Waals surface area contributed by atoms with E-state index >= 15 is 0 Å². The summed E-state index contributed by atoms with van der Waals surface area (Å²) in [4.78, 5) is 10.9. The maximum absolute atomic E-state index is 12.2. The monoisotopic (exact) mass is 210 g/mol. The van der Waals surface area contributed by atoms with Gasteiger partial charge in [0.2, 0.25) is 5.91 Å². The Labute approximate surface area is 85.3 Å². The summed E-state index contributed by atoms with van der Waals surface area (Å²) in [6, 6.07) is 6.89. The zero-order valence-corrected chi connectivity index (χ0v) is 7.71. The number of amides is 1. The number of rotatable bonds is 3. The lowest BCUT2D eigenvalue weighted by Gasteiger charge is -2.03. The van der Waals surface area contributed by atoms with Crippen LogP contribution in [0.25, 0.3) is 0 Å². The molecule has 0 saturated carbocycles. The number of nitrogens with one attached hydrogen (secondary N) is 1. The minimum absolute atomic E-state index is 0.103. The second kappa shape index (κ2) is 5.05. The van der Waals surface area contributed by atoms with Crippen molar-refractivity contribution in [3.8, 4) is 6.07 Å². The molecule has 0 fully saturated rings. The first-order chi connectivity index (χ1) is 7.13. The Morgan fingerprint density at radius 3 is 2.47 bits per heavy atom. The van der Waals surface area contributed by atoms with Crippen molar-refractivity contribution in [2.75, 3.05) is 5.32 Å². The van der Waals surface area contributed by atoms with Crippen LogP contribution in [0.2, 0.25) is 0 Å². The minimum atomic E-state index is -2.52. The number of hydrogen-bond donors (Lipinski definition) is 1. The number of halogens is 2. The van der Waals surface area contributed by atoms with Gasteiger partial charge in [-0.1, -0.05) is 12.1 Å². The fourth-order valence-electron chi connectivity index (χ4n) is 0.989. The van der Waals surface area contributed by atoms with Crippen LogP contribution in [0.5, 0.6) is 0 Å². The molecule has 1 rings (SSSR count). The van der Waals surface area contributed by atoms with Gasteiger partial charge in [-0.2, -0.15) is 5.26 Å². The Morgan fingerprint density at radius 1 is 1.40 bits per heavy atom. The summed E-state index contributed by atoms with van der Waals surface area (Å²) >= 11 is 0. The lowest BCUT2D eigenvalue weighted by molar-refractivity contribution is -0.115. The zero-order chi connectivity index (χ0) is 11.3. The second-order valence-corrected chi connectivity index (χ2v) is 2.81. The number of benzene rings is 1. The molecule has 5 heteroatoms. The van der Waals surface area contributed by atoms with Crippen LogP contribution in [0.3, 0.4) is 0 Å². The van der Waals surface area contributed by atoms with Crippen molar-refractivity contribution in [1.29, 1.82) is 5.26 Å². The highest BCUT2D eigenvalue weighted by atomic mass is 19.3. The molecule has 0 aromatic heterocycles. The van der Waals surface area contributed by atoms with Crippen molar-refractivity contribution in [2.45, 2.75) is 12.8 Å². The second-order valence-electron chi connectivity index (χ2n) is 2.81. The van der Waals surface area contributed by atoms with E-state index in [2.05, 4.69) is 5.32 Å². The summed E-state index contributed by atoms with van der Waals surface area (Å²) in [6.45, 7) is 0. The predicted molar refractivity (Wildman–Crippen MR) is 50.3 cm³/mol. The molecule has 15 heavy (non-hydrogen) atoms. The Bertz CT molecular complexity index is 381. The van der Waals surface area contributed by atoms with E-state index in [1.807, 2.05) is 0 Å². The van der Waals surface area contributed by atoms with Crippen LogP contribution in [0.15, 0.2) is 24.3 Å². The van der Waals surface area contributed by atoms with Crippen LogP contribution in [0, 0.1) is 11.3 Å². The molecule has 0 heterocycles. The van der Waals surface area contributed by atoms with Gasteiger partial charge in [-0.05, 0) is 12.1 Å². The van der Waals surface area contributed by atoms with E-state index in [1.54, 1.807) is 6.07 Å². The zero-order valence-electron chi connectivity index (χ0n) is 7.71. The predicted octanol–water partition coefficient (Wildman–Crippen LogP) is 2.48. The van der Waals surface area contributed by atoms with Gasteiger partial charge >= 0.3 is 0 Å². The molecule has 1 amide bonds. The highest BCUT2D eigenvalue weighted by Crippen LogP contribution is 2.20. The van der Waals surface area contributed by atoms with Crippen molar-refractivity contribution < 1.29 is 13.6 Å². The van der Waals surface area contributed by atoms with Crippen molar-refractivity contribution >= 4 is 11.6 Å². The maximum Gasteiger partial charge on any atom is 0.263 e. The Hall–Kier alpha value is -1.96. The summed E-state index contributed by atoms with van der Waals surface area (Å²) in [5, 5.41) is 10.6. The quantitative estimate of drug-likeness (QED) is 0.833. The van der Waals surface area contributed by atoms with E-state index in [1.165, 1.54) is 24.3 Å². The third-order valence-electron chi connectivity index (χ3n) is 1.69. The van der Waals surface area contributed by atoms with Gasteiger partial charge in [0, 0.05) is 11.3 Å². The molecule has 78 valence electrons. The van der Waals surface area contributed by atoms with Crippen molar-refractivity contribution in [3.63, 3.8) is 0 Å². The minimum Gasteiger partial charge on any atom is -0.325 e. The molecule has 0 aliphatic heterocycles. The Morgan fingerprint density at radius 2 is 2.00 bits per heavy atom. The lowest BCUT2D eigenvalue weighted by Crippen LogP contribution is -2.09. The van der Waals surface area contributed by atoms with Crippen LogP contribution in [-0.2, 0) is 4.79 Å². The van der Waals surface area contributed by atoms with E-state index in [0.717, 1.165) is 0 Å². The molecule has 0 bridgehead atoms. The molecular formula is C10H8F2N2O. The molecule has 0 aliphatic rings. The molecule has 1 aromatic carbocycles. The van der Waals surface area contributed by atoms with Crippen molar-refractivity contribution in [1.82, 2.24) is 0 Å². The SMILES string of the molecule is N#CCC(=O)Nc1ccc(C(F)F)cc1. The smallest absolute Gasteiger partial charge is 0.263 e. The number of carbonyl (C=O) groups excluding carboxylic acids is 1. The molecule has 0 radical (unpaired) electrons. The standard InChI is InChI=1S/C10H8F2N2O/c11-10(12)7-1-3-8(4-2-7)14-9(15)5-6-13/h1-4,10H,5H2,(H,14,15). The van der Waals surface area contributed by atoms with Gasteiger partial charge in [0.25, 0.3) is 6.43 Å². The average Bonchev–Trinajstić information content (AvgIpc) is 2.18. The fourth-order valence-corrected chi connectivity index (χ4v) is 0.989. The third-order valence-corrected chi connectivity index (χ3v) is 1.69. The molecule has 0 aliphatic carbocycles. The van der Waals surface area contributed by atoms with E-state index in [-0.39, 0.29) is 12.0 Å². The van der Waals surface area contributed by atoms with Gasteiger partial charge in [-0.3, -0.25) is 4.79 Å². The summed E-state index contributed by atoms with van der Waals surface area (Å²) in [5.41, 5.74) is 0.299. The number of carbonyl (C=O) groups is 1. The van der Waals surface area contributed by atoms with Crippen LogP contribution in [-0.4, -0.2) is 5.91 Å². The first-order valence-electron chi connectivity index (χ1n) is 4.18. The van der Waals surface area contributed by atoms with Gasteiger partial charge in [0.1, 0.15) is 6.42 Å². The summed E-state index contributed by atoms with van der Waals surface area (Å²) in [6.07, 6.45) is -2.77. The third kappa shape index (κ3) is 3.35. The van der Waals surface area contributed by atoms with E-state index in [0.29, 0.717) is 5.69 Å². The largest absolute Gasteiger partial charge is 0.325 e. The molecule has 0 saturated heterocycles. The maximum atomic E-state index is 12.2. The number of nitriles is 1. The van der Waals surface area contributed by atoms with Crippen LogP contribution < -0.4 is 5.32 Å². The van der Waals surface area contributed by atoms with Gasteiger partial charge < -0.3 is 5.32 Å². The summed E-state index contributed by atoms with van der Waals surface area (Å²) < 4.78 is 24.3. The number of nitrogens with zero attached hydrogens (tertiary/aromatic N) is 1. The molecule has 0 unspecified atom stereocenters. The fraction of sp³-hybridized carbons (Fsp3) is 0.200. The molecule has 0 spiro atoms. The van der Waals surface area contributed by atoms with E-state index in [9.17, 15) is 13.6 Å². The Balaban J connectivity index is 2.65. The van der Waals surface area contributed by atoms with Gasteiger partial charge in [0.05, 0.1) is 6.07 Å². The number of anilines is 1. The molecule has 1 N–H and O–H groups in total. The summed E-state index contributed by atoms with van der Waals surface area (Å²) in [7, 11) is 0. The highest BCUT2D eigenvalue weighted by molar-refractivity contribution is 5.91. The summed E-state index contributed by atoms with van der Waals surface area (Å²) in [5.74, 6) is -0.456. The average molecular weight is 210 g/mol. The van der Waals surface area contributed by atoms with E-state index in [4.69, 9.17) is 5.26 Å². The first kappa shape index (κ1) is 11.1. The van der Waals surface area contributed by atoms with Crippen molar-refractivity contribution in [3.05, 3.63) is 29.8 Å². The topological polar surface area (TPSA) is 52.9 Å². The van der Waals surface area contributed by atoms with Gasteiger partial charge in [-0.25, -0.2) is 8.78 Å². The molecule has 0 atom stereocenters. The lowest BCUT2D eigenvalue weighted by atomic mass is 10.2. The highest BCUT2D eigenvalue weighted by Gasteiger charge is 2.06. The number of alkyl halides is 2. The normalized spacial score (nSPS) is 9.73. The number of hydrogen-bond acceptors (Lipinski definition) is 2. The van der Waals surface area contributed by atoms with Crippen LogP contribution in [0.1, 0.15) is 18.4 Å². The van der Waals surface area contributed by atoms with Gasteiger partial charge in [0.15, 0.2) is 0 Å². The first-order valence-corrected chi connectivity index (χ1v) is 4.18. The van der Waals surface area contributed by atoms with Crippen LogP contribution >= 0.6 is 0 Å². The Kier molecular flexibility index (Phi) is 3.75. The molecule has 3 nitrogen and oxygen atoms in total. The van der Waals surface area contributed by atoms with Crippen molar-refractivity contribution in [2.24, 2.45) is 0 Å². The molecular weight excluding hydrogens is 202 g/mol. The molecule has 1 aromatic rings. The van der Waals surface area contributed by atoms with E-state index < -0.39 is 12.3 Å². The van der Waals surface area contributed by atoms with Crippen LogP contribution in [0.4, 0.5) is 14.5 Å².